The van der Waals surface area contributed by atoms with Crippen molar-refractivity contribution in [1.29, 1.82) is 0 Å². The highest BCUT2D eigenvalue weighted by Crippen LogP contribution is 2.18. The van der Waals surface area contributed by atoms with Gasteiger partial charge in [-0.15, -0.1) is 0 Å². The summed E-state index contributed by atoms with van der Waals surface area (Å²) in [5, 5.41) is 11.9. The molecule has 0 aliphatic rings. The van der Waals surface area contributed by atoms with E-state index in [1.54, 1.807) is 12.4 Å². The standard InChI is InChI=1S/C14H17N3O2/c1-15-8-12-9-16-14(17-10-12)19-13-4-2-11(3-5-13)6-7-18/h2-5,9-10,15,18H,6-8H2,1H3. The van der Waals surface area contributed by atoms with Gasteiger partial charge in [-0.05, 0) is 31.2 Å². The van der Waals surface area contributed by atoms with Crippen molar-refractivity contribution in [3.63, 3.8) is 0 Å². The van der Waals surface area contributed by atoms with Crippen molar-refractivity contribution in [3.05, 3.63) is 47.8 Å². The molecule has 0 unspecified atom stereocenters. The first-order valence-electron chi connectivity index (χ1n) is 6.15. The minimum atomic E-state index is 0.149. The zero-order chi connectivity index (χ0) is 13.5. The first kappa shape index (κ1) is 13.5. The van der Waals surface area contributed by atoms with E-state index in [0.717, 1.165) is 17.7 Å². The quantitative estimate of drug-likeness (QED) is 0.823. The highest BCUT2D eigenvalue weighted by Gasteiger charge is 2.01. The molecule has 0 aliphatic heterocycles. The summed E-state index contributed by atoms with van der Waals surface area (Å²) < 4.78 is 5.54. The van der Waals surface area contributed by atoms with Crippen LogP contribution in [0.25, 0.3) is 0 Å². The molecule has 2 aromatic rings. The molecule has 2 rings (SSSR count). The van der Waals surface area contributed by atoms with Crippen LogP contribution in [0.4, 0.5) is 0 Å². The number of benzene rings is 1. The molecule has 5 nitrogen and oxygen atoms in total. The van der Waals surface area contributed by atoms with E-state index in [9.17, 15) is 0 Å². The summed E-state index contributed by atoms with van der Waals surface area (Å²) in [6.45, 7) is 0.881. The maximum atomic E-state index is 8.84. The largest absolute Gasteiger partial charge is 0.424 e. The van der Waals surface area contributed by atoms with Gasteiger partial charge in [0.05, 0.1) is 0 Å². The number of hydrogen-bond acceptors (Lipinski definition) is 5. The van der Waals surface area contributed by atoms with Gasteiger partial charge in [-0.25, -0.2) is 9.97 Å². The van der Waals surface area contributed by atoms with Gasteiger partial charge in [-0.2, -0.15) is 0 Å². The Bertz CT molecular complexity index is 450. The van der Waals surface area contributed by atoms with E-state index in [1.807, 2.05) is 31.3 Å². The van der Waals surface area contributed by atoms with Crippen LogP contribution in [0.2, 0.25) is 0 Å². The maximum Gasteiger partial charge on any atom is 0.321 e. The van der Waals surface area contributed by atoms with Crippen LogP contribution in [0.1, 0.15) is 11.1 Å². The molecule has 0 saturated carbocycles. The molecule has 0 aliphatic carbocycles. The minimum Gasteiger partial charge on any atom is -0.424 e. The number of rotatable bonds is 6. The van der Waals surface area contributed by atoms with Crippen LogP contribution in [0.3, 0.4) is 0 Å². The van der Waals surface area contributed by atoms with Crippen molar-refractivity contribution < 1.29 is 9.84 Å². The van der Waals surface area contributed by atoms with Gasteiger partial charge < -0.3 is 15.2 Å². The van der Waals surface area contributed by atoms with E-state index < -0.39 is 0 Å². The summed E-state index contributed by atoms with van der Waals surface area (Å²) in [4.78, 5) is 8.28. The summed E-state index contributed by atoms with van der Waals surface area (Å²) in [5.74, 6) is 0.683. The minimum absolute atomic E-state index is 0.149. The lowest BCUT2D eigenvalue weighted by molar-refractivity contribution is 0.299. The number of nitrogens with zero attached hydrogens (tertiary/aromatic N) is 2. The van der Waals surface area contributed by atoms with Gasteiger partial charge in [0.15, 0.2) is 0 Å². The fourth-order valence-corrected chi connectivity index (χ4v) is 1.65. The average molecular weight is 259 g/mol. The van der Waals surface area contributed by atoms with E-state index in [0.29, 0.717) is 18.2 Å². The Labute approximate surface area is 112 Å². The van der Waals surface area contributed by atoms with Gasteiger partial charge >= 0.3 is 6.01 Å². The van der Waals surface area contributed by atoms with Crippen LogP contribution in [0, 0.1) is 0 Å². The second kappa shape index (κ2) is 6.82. The second-order valence-electron chi connectivity index (χ2n) is 4.12. The molecule has 1 aromatic carbocycles. The van der Waals surface area contributed by atoms with Gasteiger partial charge in [0.1, 0.15) is 5.75 Å². The summed E-state index contributed by atoms with van der Waals surface area (Å²) in [7, 11) is 1.87. The molecule has 1 aromatic heterocycles. The van der Waals surface area contributed by atoms with E-state index in [4.69, 9.17) is 9.84 Å². The van der Waals surface area contributed by atoms with E-state index in [1.165, 1.54) is 0 Å². The van der Waals surface area contributed by atoms with E-state index in [-0.39, 0.29) is 6.61 Å². The Morgan fingerprint density at radius 2 is 1.79 bits per heavy atom. The van der Waals surface area contributed by atoms with E-state index in [2.05, 4.69) is 15.3 Å². The van der Waals surface area contributed by atoms with Crippen molar-refractivity contribution >= 4 is 0 Å². The Kier molecular flexibility index (Phi) is 4.83. The van der Waals surface area contributed by atoms with Crippen molar-refractivity contribution in [2.75, 3.05) is 13.7 Å². The number of aliphatic hydroxyl groups excluding tert-OH is 1. The molecule has 100 valence electrons. The molecule has 0 amide bonds. The van der Waals surface area contributed by atoms with Gasteiger partial charge in [0, 0.05) is 31.1 Å². The van der Waals surface area contributed by atoms with Gasteiger partial charge in [0.2, 0.25) is 0 Å². The Balaban J connectivity index is 1.99. The number of aromatic nitrogens is 2. The molecular formula is C14H17N3O2. The van der Waals surface area contributed by atoms with Crippen LogP contribution in [-0.2, 0) is 13.0 Å². The first-order chi connectivity index (χ1) is 9.31. The maximum absolute atomic E-state index is 8.84. The molecule has 0 bridgehead atoms. The van der Waals surface area contributed by atoms with Gasteiger partial charge in [0.25, 0.3) is 0 Å². The second-order valence-corrected chi connectivity index (χ2v) is 4.12. The smallest absolute Gasteiger partial charge is 0.321 e. The molecule has 0 radical (unpaired) electrons. The van der Waals surface area contributed by atoms with E-state index >= 15 is 0 Å². The highest BCUT2D eigenvalue weighted by molar-refractivity contribution is 5.29. The average Bonchev–Trinajstić information content (AvgIpc) is 2.44. The first-order valence-corrected chi connectivity index (χ1v) is 6.15. The lowest BCUT2D eigenvalue weighted by atomic mass is 10.1. The Morgan fingerprint density at radius 3 is 2.37 bits per heavy atom. The molecule has 5 heteroatoms. The zero-order valence-electron chi connectivity index (χ0n) is 10.8. The normalized spacial score (nSPS) is 10.4. The number of nitrogens with one attached hydrogen (secondary N) is 1. The van der Waals surface area contributed by atoms with Crippen molar-refractivity contribution in [2.24, 2.45) is 0 Å². The van der Waals surface area contributed by atoms with Crippen molar-refractivity contribution in [3.8, 4) is 11.8 Å². The monoisotopic (exact) mass is 259 g/mol. The molecular weight excluding hydrogens is 242 g/mol. The molecule has 0 atom stereocenters. The van der Waals surface area contributed by atoms with Gasteiger partial charge in [-0.3, -0.25) is 0 Å². The van der Waals surface area contributed by atoms with Crippen LogP contribution in [0.15, 0.2) is 36.7 Å². The van der Waals surface area contributed by atoms with Crippen LogP contribution >= 0.6 is 0 Å². The molecule has 0 saturated heterocycles. The number of ether oxygens (including phenoxy) is 1. The highest BCUT2D eigenvalue weighted by atomic mass is 16.5. The Hall–Kier alpha value is -1.98. The summed E-state index contributed by atoms with van der Waals surface area (Å²) in [6.07, 6.45) is 4.12. The van der Waals surface area contributed by atoms with Gasteiger partial charge in [-0.1, -0.05) is 12.1 Å². The number of aliphatic hydroxyl groups is 1. The van der Waals surface area contributed by atoms with Crippen LogP contribution in [0.5, 0.6) is 11.8 Å². The lowest BCUT2D eigenvalue weighted by Crippen LogP contribution is -2.06. The third-order valence-electron chi connectivity index (χ3n) is 2.60. The lowest BCUT2D eigenvalue weighted by Gasteiger charge is -2.05. The third kappa shape index (κ3) is 4.01. The third-order valence-corrected chi connectivity index (χ3v) is 2.60. The summed E-state index contributed by atoms with van der Waals surface area (Å²) in [6, 6.07) is 7.85. The van der Waals surface area contributed by atoms with Crippen LogP contribution < -0.4 is 10.1 Å². The summed E-state index contributed by atoms with van der Waals surface area (Å²) in [5.41, 5.74) is 2.08. The fourth-order valence-electron chi connectivity index (χ4n) is 1.65. The molecule has 2 N–H and O–H groups in total. The predicted molar refractivity (Wildman–Crippen MR) is 72.1 cm³/mol. The summed E-state index contributed by atoms with van der Waals surface area (Å²) >= 11 is 0. The molecule has 0 fully saturated rings. The fraction of sp³-hybridized carbons (Fsp3) is 0.286. The number of hydrogen-bond donors (Lipinski definition) is 2. The van der Waals surface area contributed by atoms with Crippen molar-refractivity contribution in [1.82, 2.24) is 15.3 Å². The SMILES string of the molecule is CNCc1cnc(Oc2ccc(CCO)cc2)nc1. The van der Waals surface area contributed by atoms with Crippen LogP contribution in [-0.4, -0.2) is 28.7 Å². The predicted octanol–water partition coefficient (Wildman–Crippen LogP) is 1.52. The Morgan fingerprint density at radius 1 is 1.11 bits per heavy atom. The molecule has 1 heterocycles. The molecule has 0 spiro atoms. The zero-order valence-corrected chi connectivity index (χ0v) is 10.8. The topological polar surface area (TPSA) is 67.3 Å². The molecule has 19 heavy (non-hydrogen) atoms. The van der Waals surface area contributed by atoms with Crippen molar-refractivity contribution in [2.45, 2.75) is 13.0 Å².